The first-order chi connectivity index (χ1) is 8.22. The molecule has 0 bridgehead atoms. The van der Waals surface area contributed by atoms with E-state index in [0.717, 1.165) is 19.1 Å². The number of nitrogens with zero attached hydrogens (tertiary/aromatic N) is 1. The van der Waals surface area contributed by atoms with Gasteiger partial charge in [-0.3, -0.25) is 0 Å². The molecule has 1 aliphatic heterocycles. The van der Waals surface area contributed by atoms with Crippen molar-refractivity contribution in [1.29, 1.82) is 0 Å². The van der Waals surface area contributed by atoms with Crippen molar-refractivity contribution in [3.8, 4) is 0 Å². The third kappa shape index (κ3) is 6.17. The fourth-order valence-electron chi connectivity index (χ4n) is 2.59. The molecule has 108 valence electrons. The van der Waals surface area contributed by atoms with Gasteiger partial charge in [0.15, 0.2) is 0 Å². The number of hydrogen-bond acceptors (Lipinski definition) is 3. The van der Waals surface area contributed by atoms with Crippen LogP contribution in [0.3, 0.4) is 0 Å². The van der Waals surface area contributed by atoms with E-state index in [-0.39, 0.29) is 5.54 Å². The Hall–Kier alpha value is -0.120. The summed E-state index contributed by atoms with van der Waals surface area (Å²) in [6.45, 7) is 17.0. The average Bonchev–Trinajstić information content (AvgIpc) is 2.62. The van der Waals surface area contributed by atoms with Crippen molar-refractivity contribution in [3.05, 3.63) is 0 Å². The van der Waals surface area contributed by atoms with E-state index in [2.05, 4.69) is 44.8 Å². The molecule has 1 rings (SSSR count). The van der Waals surface area contributed by atoms with Crippen molar-refractivity contribution in [3.63, 3.8) is 0 Å². The summed E-state index contributed by atoms with van der Waals surface area (Å²) in [5.41, 5.74) is 0.538. The van der Waals surface area contributed by atoms with Crippen molar-refractivity contribution in [1.82, 2.24) is 10.2 Å². The van der Waals surface area contributed by atoms with Gasteiger partial charge in [0.05, 0.1) is 6.61 Å². The fourth-order valence-corrected chi connectivity index (χ4v) is 2.59. The van der Waals surface area contributed by atoms with E-state index >= 15 is 0 Å². The highest BCUT2D eigenvalue weighted by atomic mass is 16.5. The Kier molecular flexibility index (Phi) is 5.63. The summed E-state index contributed by atoms with van der Waals surface area (Å²) in [5, 5.41) is 3.62. The molecule has 0 aromatic heterocycles. The molecule has 1 heterocycles. The van der Waals surface area contributed by atoms with Crippen LogP contribution in [0, 0.1) is 11.3 Å². The van der Waals surface area contributed by atoms with E-state index in [0.29, 0.717) is 5.41 Å². The first-order valence-corrected chi connectivity index (χ1v) is 7.18. The summed E-state index contributed by atoms with van der Waals surface area (Å²) in [6.07, 6.45) is 1.29. The normalized spacial score (nSPS) is 22.7. The maximum atomic E-state index is 5.26. The van der Waals surface area contributed by atoms with Gasteiger partial charge < -0.3 is 15.0 Å². The molecular weight excluding hydrogens is 224 g/mol. The lowest BCUT2D eigenvalue weighted by Crippen LogP contribution is -2.46. The molecule has 3 heteroatoms. The Morgan fingerprint density at radius 1 is 1.22 bits per heavy atom. The van der Waals surface area contributed by atoms with Crippen LogP contribution in [0.4, 0.5) is 0 Å². The highest BCUT2D eigenvalue weighted by Gasteiger charge is 2.28. The second kappa shape index (κ2) is 6.36. The van der Waals surface area contributed by atoms with Gasteiger partial charge in [-0.25, -0.2) is 0 Å². The van der Waals surface area contributed by atoms with Crippen LogP contribution in [-0.4, -0.2) is 50.3 Å². The van der Waals surface area contributed by atoms with Gasteiger partial charge >= 0.3 is 0 Å². The second-order valence-electron chi connectivity index (χ2n) is 7.61. The lowest BCUT2D eigenvalue weighted by Gasteiger charge is -2.33. The van der Waals surface area contributed by atoms with Crippen LogP contribution in [0.1, 0.15) is 41.0 Å². The number of methoxy groups -OCH3 is 1. The minimum absolute atomic E-state index is 0.209. The second-order valence-corrected chi connectivity index (χ2v) is 7.61. The van der Waals surface area contributed by atoms with Crippen LogP contribution >= 0.6 is 0 Å². The average molecular weight is 256 g/mol. The molecule has 0 spiro atoms. The molecule has 1 N–H and O–H groups in total. The summed E-state index contributed by atoms with van der Waals surface area (Å²) in [4.78, 5) is 2.59. The first kappa shape index (κ1) is 15.9. The van der Waals surface area contributed by atoms with Crippen molar-refractivity contribution < 1.29 is 4.74 Å². The molecule has 0 aliphatic carbocycles. The van der Waals surface area contributed by atoms with E-state index in [1.807, 2.05) is 0 Å². The van der Waals surface area contributed by atoms with Gasteiger partial charge in [-0.15, -0.1) is 0 Å². The van der Waals surface area contributed by atoms with Gasteiger partial charge in [-0.05, 0) is 45.1 Å². The summed E-state index contributed by atoms with van der Waals surface area (Å²) < 4.78 is 5.26. The fraction of sp³-hybridized carbons (Fsp3) is 1.00. The highest BCUT2D eigenvalue weighted by Crippen LogP contribution is 2.23. The molecule has 3 nitrogen and oxygen atoms in total. The molecule has 1 unspecified atom stereocenters. The Morgan fingerprint density at radius 2 is 1.89 bits per heavy atom. The molecular formula is C15H32N2O. The van der Waals surface area contributed by atoms with Crippen molar-refractivity contribution >= 4 is 0 Å². The Labute approximate surface area is 113 Å². The number of nitrogens with one attached hydrogen (secondary N) is 1. The molecule has 18 heavy (non-hydrogen) atoms. The van der Waals surface area contributed by atoms with Crippen LogP contribution in [0.5, 0.6) is 0 Å². The van der Waals surface area contributed by atoms with E-state index in [1.54, 1.807) is 7.11 Å². The minimum atomic E-state index is 0.209. The predicted molar refractivity (Wildman–Crippen MR) is 78.0 cm³/mol. The number of ether oxygens (including phenoxy) is 1. The maximum Gasteiger partial charge on any atom is 0.0503 e. The van der Waals surface area contributed by atoms with Crippen molar-refractivity contribution in [2.45, 2.75) is 46.6 Å². The molecule has 0 saturated carbocycles. The lowest BCUT2D eigenvalue weighted by atomic mass is 9.91. The third-order valence-electron chi connectivity index (χ3n) is 3.52. The smallest absolute Gasteiger partial charge is 0.0503 e. The van der Waals surface area contributed by atoms with Crippen LogP contribution in [0.2, 0.25) is 0 Å². The molecule has 1 aliphatic rings. The van der Waals surface area contributed by atoms with Crippen molar-refractivity contribution in [2.24, 2.45) is 11.3 Å². The molecule has 1 fully saturated rings. The van der Waals surface area contributed by atoms with E-state index in [4.69, 9.17) is 4.74 Å². The molecule has 0 radical (unpaired) electrons. The standard InChI is InChI=1S/C15H32N2O/c1-14(2,3)16-11-15(4,5)12-17-8-7-13(9-17)10-18-6/h13,16H,7-12H2,1-6H3. The third-order valence-corrected chi connectivity index (χ3v) is 3.52. The minimum Gasteiger partial charge on any atom is -0.384 e. The zero-order valence-corrected chi connectivity index (χ0v) is 13.2. The zero-order chi connectivity index (χ0) is 13.8. The van der Waals surface area contributed by atoms with E-state index < -0.39 is 0 Å². The lowest BCUT2D eigenvalue weighted by molar-refractivity contribution is 0.143. The quantitative estimate of drug-likeness (QED) is 0.789. The number of hydrogen-bond donors (Lipinski definition) is 1. The van der Waals surface area contributed by atoms with Gasteiger partial charge in [0.1, 0.15) is 0 Å². The van der Waals surface area contributed by atoms with Crippen LogP contribution in [0.25, 0.3) is 0 Å². The van der Waals surface area contributed by atoms with Crippen LogP contribution in [0.15, 0.2) is 0 Å². The van der Waals surface area contributed by atoms with Crippen LogP contribution < -0.4 is 5.32 Å². The number of likely N-dealkylation sites (tertiary alicyclic amines) is 1. The van der Waals surface area contributed by atoms with Gasteiger partial charge in [-0.1, -0.05) is 13.8 Å². The summed E-state index contributed by atoms with van der Waals surface area (Å²) in [7, 11) is 1.81. The monoisotopic (exact) mass is 256 g/mol. The molecule has 0 aromatic carbocycles. The highest BCUT2D eigenvalue weighted by molar-refractivity contribution is 4.84. The topological polar surface area (TPSA) is 24.5 Å². The molecule has 0 amide bonds. The summed E-state index contributed by atoms with van der Waals surface area (Å²) in [6, 6.07) is 0. The molecule has 1 atom stereocenters. The van der Waals surface area contributed by atoms with E-state index in [1.165, 1.54) is 26.1 Å². The zero-order valence-electron chi connectivity index (χ0n) is 13.2. The predicted octanol–water partition coefficient (Wildman–Crippen LogP) is 2.37. The van der Waals surface area contributed by atoms with Gasteiger partial charge in [0, 0.05) is 32.3 Å². The Balaban J connectivity index is 2.32. The molecule has 1 saturated heterocycles. The molecule has 0 aromatic rings. The van der Waals surface area contributed by atoms with Gasteiger partial charge in [0.2, 0.25) is 0 Å². The van der Waals surface area contributed by atoms with Crippen molar-refractivity contribution in [2.75, 3.05) is 39.9 Å². The first-order valence-electron chi connectivity index (χ1n) is 7.18. The van der Waals surface area contributed by atoms with Gasteiger partial charge in [0.25, 0.3) is 0 Å². The number of rotatable bonds is 6. The Bertz CT molecular complexity index is 245. The summed E-state index contributed by atoms with van der Waals surface area (Å²) >= 11 is 0. The summed E-state index contributed by atoms with van der Waals surface area (Å²) in [5.74, 6) is 0.737. The Morgan fingerprint density at radius 3 is 2.44 bits per heavy atom. The SMILES string of the molecule is COCC1CCN(CC(C)(C)CNC(C)(C)C)C1. The maximum absolute atomic E-state index is 5.26. The van der Waals surface area contributed by atoms with E-state index in [9.17, 15) is 0 Å². The largest absolute Gasteiger partial charge is 0.384 e. The van der Waals surface area contributed by atoms with Gasteiger partial charge in [-0.2, -0.15) is 0 Å². The van der Waals surface area contributed by atoms with Crippen LogP contribution in [-0.2, 0) is 4.74 Å².